The minimum Gasteiger partial charge on any atom is -0.493 e. The van der Waals surface area contributed by atoms with Crippen molar-refractivity contribution in [3.63, 3.8) is 0 Å². The van der Waals surface area contributed by atoms with Crippen LogP contribution >= 0.6 is 31.9 Å². The highest BCUT2D eigenvalue weighted by Gasteiger charge is 2.13. The third-order valence-corrected chi connectivity index (χ3v) is 5.99. The van der Waals surface area contributed by atoms with Crippen molar-refractivity contribution in [3.8, 4) is 23.0 Å². The second-order valence-electron chi connectivity index (χ2n) is 7.20. The van der Waals surface area contributed by atoms with Crippen molar-refractivity contribution in [2.24, 2.45) is 5.10 Å². The summed E-state index contributed by atoms with van der Waals surface area (Å²) in [6, 6.07) is 14.6. The van der Waals surface area contributed by atoms with Gasteiger partial charge >= 0.3 is 0 Å². The highest BCUT2D eigenvalue weighted by molar-refractivity contribution is 9.11. The Morgan fingerprint density at radius 2 is 1.50 bits per heavy atom. The first-order valence-electron chi connectivity index (χ1n) is 10.2. The molecule has 9 heteroatoms. The minimum atomic E-state index is -0.333. The molecule has 0 fully saturated rings. The van der Waals surface area contributed by atoms with Gasteiger partial charge in [-0.2, -0.15) is 5.10 Å². The first-order valence-corrected chi connectivity index (χ1v) is 11.8. The molecule has 0 unspecified atom stereocenters. The third kappa shape index (κ3) is 6.30. The van der Waals surface area contributed by atoms with Gasteiger partial charge in [0.05, 0.1) is 36.5 Å². The molecule has 0 aliphatic carbocycles. The number of nitrogens with zero attached hydrogens (tertiary/aromatic N) is 1. The molecule has 0 aromatic heterocycles. The maximum atomic E-state index is 12.5. The lowest BCUT2D eigenvalue weighted by molar-refractivity contribution is 0.0955. The smallest absolute Gasteiger partial charge is 0.271 e. The van der Waals surface area contributed by atoms with Crippen molar-refractivity contribution in [1.82, 2.24) is 5.43 Å². The first kappa shape index (κ1) is 25.6. The lowest BCUT2D eigenvalue weighted by atomic mass is 10.1. The lowest BCUT2D eigenvalue weighted by Crippen LogP contribution is -2.17. The Balaban J connectivity index is 1.62. The molecule has 0 saturated heterocycles. The molecule has 1 N–H and O–H groups in total. The second kappa shape index (κ2) is 11.9. The van der Waals surface area contributed by atoms with E-state index in [-0.39, 0.29) is 5.91 Å². The van der Waals surface area contributed by atoms with Gasteiger partial charge in [-0.1, -0.05) is 12.1 Å². The number of aryl methyl sites for hydroxylation is 1. The predicted octanol–water partition coefficient (Wildman–Crippen LogP) is 5.89. The Kier molecular flexibility index (Phi) is 8.95. The SMILES string of the molecule is COc1cc(/C=N\NC(=O)c2ccc(COc3c(Br)cc(C)cc3Br)cc2)cc(OC)c1OC. The fourth-order valence-corrected chi connectivity index (χ4v) is 4.78. The Hall–Kier alpha value is -3.04. The van der Waals surface area contributed by atoms with Crippen LogP contribution < -0.4 is 24.4 Å². The van der Waals surface area contributed by atoms with E-state index in [1.165, 1.54) is 27.5 Å². The number of carbonyl (C=O) groups excluding carboxylic acids is 1. The number of hydrazone groups is 1. The number of amides is 1. The number of hydrogen-bond donors (Lipinski definition) is 1. The van der Waals surface area contributed by atoms with E-state index in [0.717, 1.165) is 25.8 Å². The van der Waals surface area contributed by atoms with E-state index in [0.29, 0.717) is 35.0 Å². The molecule has 3 aromatic rings. The van der Waals surface area contributed by atoms with E-state index in [1.54, 1.807) is 24.3 Å². The normalized spacial score (nSPS) is 10.8. The molecule has 3 aromatic carbocycles. The fourth-order valence-electron chi connectivity index (χ4n) is 3.14. The topological polar surface area (TPSA) is 78.4 Å². The molecule has 0 radical (unpaired) electrons. The van der Waals surface area contributed by atoms with Crippen molar-refractivity contribution >= 4 is 44.0 Å². The summed E-state index contributed by atoms with van der Waals surface area (Å²) >= 11 is 7.05. The number of methoxy groups -OCH3 is 3. The van der Waals surface area contributed by atoms with E-state index in [9.17, 15) is 4.79 Å². The maximum absolute atomic E-state index is 12.5. The Bertz CT molecular complexity index is 1150. The lowest BCUT2D eigenvalue weighted by Gasteiger charge is -2.12. The Morgan fingerprint density at radius 3 is 2.03 bits per heavy atom. The number of halogens is 2. The molecule has 1 amide bonds. The van der Waals surface area contributed by atoms with Gasteiger partial charge in [-0.25, -0.2) is 5.43 Å². The highest BCUT2D eigenvalue weighted by atomic mass is 79.9. The molecule has 7 nitrogen and oxygen atoms in total. The van der Waals surface area contributed by atoms with Gasteiger partial charge in [-0.3, -0.25) is 4.79 Å². The summed E-state index contributed by atoms with van der Waals surface area (Å²) in [6.07, 6.45) is 1.50. The third-order valence-electron chi connectivity index (χ3n) is 4.81. The monoisotopic (exact) mass is 590 g/mol. The Labute approximate surface area is 215 Å². The van der Waals surface area contributed by atoms with Crippen molar-refractivity contribution in [3.05, 3.63) is 79.7 Å². The van der Waals surface area contributed by atoms with E-state index >= 15 is 0 Å². The quantitative estimate of drug-likeness (QED) is 0.248. The molecular weight excluding hydrogens is 568 g/mol. The van der Waals surface area contributed by atoms with Crippen molar-refractivity contribution < 1.29 is 23.7 Å². The van der Waals surface area contributed by atoms with E-state index in [4.69, 9.17) is 18.9 Å². The molecule has 0 atom stereocenters. The van der Waals surface area contributed by atoms with Crippen molar-refractivity contribution in [2.45, 2.75) is 13.5 Å². The average Bonchev–Trinajstić information content (AvgIpc) is 2.82. The van der Waals surface area contributed by atoms with Crippen LogP contribution in [0.2, 0.25) is 0 Å². The van der Waals surface area contributed by atoms with Gasteiger partial charge in [0, 0.05) is 11.1 Å². The van der Waals surface area contributed by atoms with Crippen LogP contribution in [0.4, 0.5) is 0 Å². The number of nitrogens with one attached hydrogen (secondary N) is 1. The minimum absolute atomic E-state index is 0.333. The van der Waals surface area contributed by atoms with Crippen LogP contribution in [0.3, 0.4) is 0 Å². The number of ether oxygens (including phenoxy) is 4. The summed E-state index contributed by atoms with van der Waals surface area (Å²) in [5, 5.41) is 4.04. The van der Waals surface area contributed by atoms with Crippen LogP contribution in [0.5, 0.6) is 23.0 Å². The molecule has 178 valence electrons. The zero-order valence-corrected chi connectivity index (χ0v) is 22.3. The Morgan fingerprint density at radius 1 is 0.912 bits per heavy atom. The van der Waals surface area contributed by atoms with Gasteiger partial charge in [-0.15, -0.1) is 0 Å². The van der Waals surface area contributed by atoms with Crippen molar-refractivity contribution in [1.29, 1.82) is 0 Å². The van der Waals surface area contributed by atoms with Gasteiger partial charge in [-0.05, 0) is 86.3 Å². The molecule has 0 aliphatic rings. The van der Waals surface area contributed by atoms with Gasteiger partial charge < -0.3 is 18.9 Å². The van der Waals surface area contributed by atoms with Crippen LogP contribution in [-0.4, -0.2) is 33.5 Å². The zero-order valence-electron chi connectivity index (χ0n) is 19.1. The van der Waals surface area contributed by atoms with Gasteiger partial charge in [0.25, 0.3) is 5.91 Å². The molecule has 0 aliphatic heterocycles. The summed E-state index contributed by atoms with van der Waals surface area (Å²) in [4.78, 5) is 12.5. The molecule has 0 saturated carbocycles. The van der Waals surface area contributed by atoms with Crippen LogP contribution in [0.15, 0.2) is 62.6 Å². The van der Waals surface area contributed by atoms with Crippen LogP contribution in [0.25, 0.3) is 0 Å². The van der Waals surface area contributed by atoms with Gasteiger partial charge in [0.2, 0.25) is 5.75 Å². The van der Waals surface area contributed by atoms with Crippen LogP contribution in [-0.2, 0) is 6.61 Å². The van der Waals surface area contributed by atoms with Crippen LogP contribution in [0.1, 0.15) is 27.0 Å². The summed E-state index contributed by atoms with van der Waals surface area (Å²) in [5.74, 6) is 1.88. The van der Waals surface area contributed by atoms with Crippen LogP contribution in [0, 0.1) is 6.92 Å². The summed E-state index contributed by atoms with van der Waals surface area (Å²) < 4.78 is 23.6. The molecular formula is C25H24Br2N2O5. The molecule has 34 heavy (non-hydrogen) atoms. The summed E-state index contributed by atoms with van der Waals surface area (Å²) in [7, 11) is 4.60. The number of rotatable bonds is 9. The van der Waals surface area contributed by atoms with E-state index < -0.39 is 0 Å². The number of carbonyl (C=O) groups is 1. The predicted molar refractivity (Wildman–Crippen MR) is 139 cm³/mol. The largest absolute Gasteiger partial charge is 0.493 e. The second-order valence-corrected chi connectivity index (χ2v) is 8.91. The fraction of sp³-hybridized carbons (Fsp3) is 0.200. The van der Waals surface area contributed by atoms with E-state index in [2.05, 4.69) is 42.4 Å². The molecule has 3 rings (SSSR count). The molecule has 0 heterocycles. The standard InChI is InChI=1S/C25H24Br2N2O5/c1-15-9-19(26)23(20(27)10-15)34-14-16-5-7-18(8-6-16)25(30)29-28-13-17-11-21(31-2)24(33-4)22(12-17)32-3/h5-13H,14H2,1-4H3,(H,29,30)/b28-13-. The van der Waals surface area contributed by atoms with Crippen molar-refractivity contribution in [2.75, 3.05) is 21.3 Å². The zero-order chi connectivity index (χ0) is 24.7. The van der Waals surface area contributed by atoms with E-state index in [1.807, 2.05) is 31.2 Å². The number of hydrogen-bond acceptors (Lipinski definition) is 6. The summed E-state index contributed by atoms with van der Waals surface area (Å²) in [5.41, 5.74) is 5.72. The highest BCUT2D eigenvalue weighted by Crippen LogP contribution is 2.38. The summed E-state index contributed by atoms with van der Waals surface area (Å²) in [6.45, 7) is 2.37. The van der Waals surface area contributed by atoms with Gasteiger partial charge in [0.15, 0.2) is 11.5 Å². The average molecular weight is 592 g/mol. The number of benzene rings is 3. The first-order chi connectivity index (χ1) is 16.4. The van der Waals surface area contributed by atoms with Gasteiger partial charge in [0.1, 0.15) is 12.4 Å². The maximum Gasteiger partial charge on any atom is 0.271 e. The molecule has 0 spiro atoms. The molecule has 0 bridgehead atoms.